The van der Waals surface area contributed by atoms with Crippen molar-refractivity contribution in [3.63, 3.8) is 0 Å². The summed E-state index contributed by atoms with van der Waals surface area (Å²) in [6.45, 7) is 2.34. The number of benzene rings is 2. The van der Waals surface area contributed by atoms with E-state index < -0.39 is 0 Å². The molecule has 2 aliphatic heterocycles. The molecule has 2 fully saturated rings. The smallest absolute Gasteiger partial charge is 0.253 e. The molecule has 0 saturated carbocycles. The molecule has 5 heteroatoms. The number of carbonyl (C=O) groups is 2. The lowest BCUT2D eigenvalue weighted by Gasteiger charge is -2.24. The van der Waals surface area contributed by atoms with Crippen LogP contribution in [0.5, 0.6) is 0 Å². The van der Waals surface area contributed by atoms with Crippen molar-refractivity contribution >= 4 is 23.6 Å². The summed E-state index contributed by atoms with van der Waals surface area (Å²) < 4.78 is 0. The van der Waals surface area contributed by atoms with Gasteiger partial charge in [0.15, 0.2) is 0 Å². The van der Waals surface area contributed by atoms with E-state index in [2.05, 4.69) is 0 Å². The fourth-order valence-corrected chi connectivity index (χ4v) is 4.76. The zero-order valence-electron chi connectivity index (χ0n) is 14.6. The van der Waals surface area contributed by atoms with E-state index in [1.807, 2.05) is 64.4 Å². The highest BCUT2D eigenvalue weighted by Gasteiger charge is 2.32. The Morgan fingerprint density at radius 1 is 1.00 bits per heavy atom. The number of nitrogens with zero attached hydrogens (tertiary/aromatic N) is 2. The molecule has 2 heterocycles. The van der Waals surface area contributed by atoms with Crippen LogP contribution in [0.2, 0.25) is 0 Å². The van der Waals surface area contributed by atoms with Crippen molar-refractivity contribution in [2.24, 2.45) is 0 Å². The van der Waals surface area contributed by atoms with E-state index in [4.69, 9.17) is 0 Å². The number of rotatable bonds is 4. The van der Waals surface area contributed by atoms with Crippen molar-refractivity contribution < 1.29 is 9.59 Å². The monoisotopic (exact) mass is 366 g/mol. The van der Waals surface area contributed by atoms with Crippen LogP contribution in [0.25, 0.3) is 0 Å². The first-order valence-corrected chi connectivity index (χ1v) is 10.1. The Morgan fingerprint density at radius 3 is 2.38 bits per heavy atom. The Labute approximate surface area is 158 Å². The lowest BCUT2D eigenvalue weighted by atomic mass is 10.1. The predicted molar refractivity (Wildman–Crippen MR) is 104 cm³/mol. The average Bonchev–Trinajstić information content (AvgIpc) is 3.33. The zero-order valence-corrected chi connectivity index (χ0v) is 15.5. The number of carbonyl (C=O) groups excluding carboxylic acids is 2. The number of amides is 2. The molecule has 4 nitrogen and oxygen atoms in total. The van der Waals surface area contributed by atoms with Gasteiger partial charge in [-0.25, -0.2) is 0 Å². The van der Waals surface area contributed by atoms with Crippen molar-refractivity contribution in [3.8, 4) is 0 Å². The third-order valence-electron chi connectivity index (χ3n) is 5.00. The predicted octanol–water partition coefficient (Wildman–Crippen LogP) is 3.70. The van der Waals surface area contributed by atoms with Gasteiger partial charge >= 0.3 is 0 Å². The van der Waals surface area contributed by atoms with E-state index in [1.54, 1.807) is 11.8 Å². The van der Waals surface area contributed by atoms with Crippen LogP contribution in [0.1, 0.15) is 39.7 Å². The summed E-state index contributed by atoms with van der Waals surface area (Å²) in [4.78, 5) is 28.7. The van der Waals surface area contributed by atoms with E-state index in [0.717, 1.165) is 42.6 Å². The van der Waals surface area contributed by atoms with E-state index in [9.17, 15) is 9.59 Å². The third kappa shape index (κ3) is 3.49. The van der Waals surface area contributed by atoms with Crippen molar-refractivity contribution in [2.45, 2.75) is 24.8 Å². The molecule has 4 rings (SSSR count). The molecule has 2 amide bonds. The summed E-state index contributed by atoms with van der Waals surface area (Å²) >= 11 is 1.65. The summed E-state index contributed by atoms with van der Waals surface area (Å²) in [6.07, 6.45) is 2.19. The van der Waals surface area contributed by atoms with Gasteiger partial charge in [0.25, 0.3) is 5.91 Å². The molecule has 0 N–H and O–H groups in total. The molecule has 2 aliphatic rings. The molecule has 2 aromatic rings. The van der Waals surface area contributed by atoms with Crippen molar-refractivity contribution in [1.29, 1.82) is 0 Å². The van der Waals surface area contributed by atoms with Gasteiger partial charge in [0.1, 0.15) is 5.37 Å². The summed E-state index contributed by atoms with van der Waals surface area (Å²) in [6, 6.07) is 17.9. The van der Waals surface area contributed by atoms with E-state index in [-0.39, 0.29) is 17.2 Å². The second-order valence-corrected chi connectivity index (χ2v) is 7.86. The van der Waals surface area contributed by atoms with Crippen molar-refractivity contribution in [1.82, 2.24) is 9.80 Å². The first kappa shape index (κ1) is 17.2. The minimum absolute atomic E-state index is 0.0126. The van der Waals surface area contributed by atoms with E-state index in [1.165, 1.54) is 0 Å². The second-order valence-electron chi connectivity index (χ2n) is 6.79. The highest BCUT2D eigenvalue weighted by molar-refractivity contribution is 8.00. The highest BCUT2D eigenvalue weighted by Crippen LogP contribution is 2.39. The van der Waals surface area contributed by atoms with Crippen molar-refractivity contribution in [2.75, 3.05) is 18.8 Å². The first-order valence-electron chi connectivity index (χ1n) is 9.06. The fraction of sp³-hybridized carbons (Fsp3) is 0.333. The molecule has 134 valence electrons. The maximum absolute atomic E-state index is 12.5. The zero-order chi connectivity index (χ0) is 17.9. The Kier molecular flexibility index (Phi) is 4.98. The molecular weight excluding hydrogens is 344 g/mol. The number of hydrogen-bond donors (Lipinski definition) is 0. The van der Waals surface area contributed by atoms with E-state index >= 15 is 0 Å². The molecule has 0 aromatic heterocycles. The Morgan fingerprint density at radius 2 is 1.69 bits per heavy atom. The van der Waals surface area contributed by atoms with Crippen LogP contribution < -0.4 is 0 Å². The van der Waals surface area contributed by atoms with Gasteiger partial charge in [0.2, 0.25) is 5.91 Å². The first-order chi connectivity index (χ1) is 12.7. The highest BCUT2D eigenvalue weighted by atomic mass is 32.2. The second kappa shape index (κ2) is 7.54. The normalized spacial score (nSPS) is 20.0. The molecule has 0 bridgehead atoms. The lowest BCUT2D eigenvalue weighted by Crippen LogP contribution is -2.28. The van der Waals surface area contributed by atoms with Gasteiger partial charge in [-0.15, -0.1) is 11.8 Å². The number of likely N-dealkylation sites (tertiary alicyclic amines) is 1. The largest absolute Gasteiger partial charge is 0.339 e. The van der Waals surface area contributed by atoms with Crippen LogP contribution in [0.4, 0.5) is 0 Å². The van der Waals surface area contributed by atoms with Gasteiger partial charge in [-0.1, -0.05) is 42.5 Å². The SMILES string of the molecule is O=C(c1ccc([C@@H]2SCC(=O)N2Cc2ccccc2)cc1)N1CCCC1. The summed E-state index contributed by atoms with van der Waals surface area (Å²) in [5.74, 6) is 0.790. The minimum Gasteiger partial charge on any atom is -0.339 e. The van der Waals surface area contributed by atoms with Gasteiger partial charge in [0, 0.05) is 25.2 Å². The van der Waals surface area contributed by atoms with Gasteiger partial charge < -0.3 is 9.80 Å². The van der Waals surface area contributed by atoms with Crippen LogP contribution in [-0.2, 0) is 11.3 Å². The quantitative estimate of drug-likeness (QED) is 0.828. The van der Waals surface area contributed by atoms with Crippen LogP contribution >= 0.6 is 11.8 Å². The minimum atomic E-state index is 0.0126. The number of hydrogen-bond acceptors (Lipinski definition) is 3. The van der Waals surface area contributed by atoms with E-state index in [0.29, 0.717) is 12.3 Å². The lowest BCUT2D eigenvalue weighted by molar-refractivity contribution is -0.128. The fourth-order valence-electron chi connectivity index (χ4n) is 3.57. The Balaban J connectivity index is 1.50. The molecule has 1 atom stereocenters. The van der Waals surface area contributed by atoms with Gasteiger partial charge in [0.05, 0.1) is 5.75 Å². The van der Waals surface area contributed by atoms with Crippen molar-refractivity contribution in [3.05, 3.63) is 71.3 Å². The molecule has 0 aliphatic carbocycles. The topological polar surface area (TPSA) is 40.6 Å². The average molecular weight is 366 g/mol. The molecule has 0 unspecified atom stereocenters. The maximum Gasteiger partial charge on any atom is 0.253 e. The summed E-state index contributed by atoms with van der Waals surface area (Å²) in [7, 11) is 0. The molecule has 26 heavy (non-hydrogen) atoms. The molecule has 2 aromatic carbocycles. The van der Waals surface area contributed by atoms with Gasteiger partial charge in [-0.3, -0.25) is 9.59 Å². The Hall–Kier alpha value is -2.27. The van der Waals surface area contributed by atoms with Crippen LogP contribution in [0, 0.1) is 0 Å². The van der Waals surface area contributed by atoms with Crippen LogP contribution in [0.15, 0.2) is 54.6 Å². The van der Waals surface area contributed by atoms with Crippen LogP contribution in [-0.4, -0.2) is 40.5 Å². The molecule has 2 saturated heterocycles. The van der Waals surface area contributed by atoms with Gasteiger partial charge in [-0.2, -0.15) is 0 Å². The number of thioether (sulfide) groups is 1. The standard InChI is InChI=1S/C21H22N2O2S/c24-19-15-26-21(23(19)14-16-6-2-1-3-7-16)18-10-8-17(9-11-18)20(25)22-12-4-5-13-22/h1-3,6-11,21H,4-5,12-15H2/t21-/m0/s1. The van der Waals surface area contributed by atoms with Gasteiger partial charge in [-0.05, 0) is 36.1 Å². The molecular formula is C21H22N2O2S. The maximum atomic E-state index is 12.5. The summed E-state index contributed by atoms with van der Waals surface area (Å²) in [5, 5.41) is 0.0126. The Bertz CT molecular complexity index is 785. The third-order valence-corrected chi connectivity index (χ3v) is 6.26. The van der Waals surface area contributed by atoms with Crippen LogP contribution in [0.3, 0.4) is 0 Å². The summed E-state index contributed by atoms with van der Waals surface area (Å²) in [5.41, 5.74) is 2.95. The molecule has 0 spiro atoms. The molecule has 0 radical (unpaired) electrons.